The maximum Gasteiger partial charge on any atom is 0.253 e. The van der Waals surface area contributed by atoms with Crippen LogP contribution in [0.1, 0.15) is 43.5 Å². The van der Waals surface area contributed by atoms with E-state index in [0.29, 0.717) is 28.7 Å². The lowest BCUT2D eigenvalue weighted by Gasteiger charge is -2.32. The zero-order chi connectivity index (χ0) is 17.0. The van der Waals surface area contributed by atoms with Gasteiger partial charge in [0.25, 0.3) is 5.91 Å². The first-order chi connectivity index (χ1) is 10.9. The normalized spacial score (nSPS) is 19.3. The molecule has 23 heavy (non-hydrogen) atoms. The summed E-state index contributed by atoms with van der Waals surface area (Å²) in [5, 5.41) is 3.79. The van der Waals surface area contributed by atoms with Crippen LogP contribution in [0.2, 0.25) is 10.0 Å². The van der Waals surface area contributed by atoms with Crippen molar-refractivity contribution in [3.63, 3.8) is 0 Å². The van der Waals surface area contributed by atoms with E-state index in [9.17, 15) is 9.59 Å². The van der Waals surface area contributed by atoms with Gasteiger partial charge in [-0.25, -0.2) is 0 Å². The lowest BCUT2D eigenvalue weighted by atomic mass is 9.96. The molecule has 0 aromatic heterocycles. The SMILES string of the molecule is CCC(C)NC(=O)C1CCCN(C(=O)c2ccc(Cl)c(Cl)c2)C1. The Morgan fingerprint density at radius 2 is 2.09 bits per heavy atom. The summed E-state index contributed by atoms with van der Waals surface area (Å²) in [5.41, 5.74) is 0.502. The summed E-state index contributed by atoms with van der Waals surface area (Å²) in [4.78, 5) is 26.6. The molecule has 0 aliphatic carbocycles. The minimum atomic E-state index is -0.149. The first kappa shape index (κ1) is 18.1. The van der Waals surface area contributed by atoms with Gasteiger partial charge >= 0.3 is 0 Å². The summed E-state index contributed by atoms with van der Waals surface area (Å²) >= 11 is 11.9. The fourth-order valence-electron chi connectivity index (χ4n) is 2.65. The van der Waals surface area contributed by atoms with E-state index in [4.69, 9.17) is 23.2 Å². The number of likely N-dealkylation sites (tertiary alicyclic amines) is 1. The number of rotatable bonds is 4. The second-order valence-electron chi connectivity index (χ2n) is 6.04. The molecule has 2 rings (SSSR count). The number of carbonyl (C=O) groups is 2. The van der Waals surface area contributed by atoms with Gasteiger partial charge in [-0.1, -0.05) is 30.1 Å². The van der Waals surface area contributed by atoms with E-state index in [1.54, 1.807) is 23.1 Å². The summed E-state index contributed by atoms with van der Waals surface area (Å²) in [5.74, 6) is -0.222. The molecule has 0 spiro atoms. The number of nitrogens with one attached hydrogen (secondary N) is 1. The van der Waals surface area contributed by atoms with E-state index in [2.05, 4.69) is 5.32 Å². The number of nitrogens with zero attached hydrogens (tertiary/aromatic N) is 1. The van der Waals surface area contributed by atoms with Crippen LogP contribution in [-0.4, -0.2) is 35.8 Å². The standard InChI is InChI=1S/C17H22Cl2N2O2/c1-3-11(2)20-16(22)13-5-4-8-21(10-13)17(23)12-6-7-14(18)15(19)9-12/h6-7,9,11,13H,3-5,8,10H2,1-2H3,(H,20,22). The summed E-state index contributed by atoms with van der Waals surface area (Å²) in [6, 6.07) is 5.02. The third kappa shape index (κ3) is 4.61. The number of amides is 2. The molecule has 126 valence electrons. The zero-order valence-corrected chi connectivity index (χ0v) is 15.0. The van der Waals surface area contributed by atoms with Gasteiger partial charge in [0.2, 0.25) is 5.91 Å². The van der Waals surface area contributed by atoms with Crippen molar-refractivity contribution < 1.29 is 9.59 Å². The molecule has 0 saturated carbocycles. The molecule has 4 nitrogen and oxygen atoms in total. The Morgan fingerprint density at radius 1 is 1.35 bits per heavy atom. The molecule has 0 radical (unpaired) electrons. The number of hydrogen-bond donors (Lipinski definition) is 1. The Bertz CT molecular complexity index is 592. The van der Waals surface area contributed by atoms with E-state index < -0.39 is 0 Å². The fraction of sp³-hybridized carbons (Fsp3) is 0.529. The highest BCUT2D eigenvalue weighted by molar-refractivity contribution is 6.42. The molecule has 2 amide bonds. The van der Waals surface area contributed by atoms with Crippen LogP contribution in [0.25, 0.3) is 0 Å². The quantitative estimate of drug-likeness (QED) is 0.892. The molecule has 2 unspecified atom stereocenters. The average molecular weight is 357 g/mol. The molecule has 1 fully saturated rings. The third-order valence-electron chi connectivity index (χ3n) is 4.25. The van der Waals surface area contributed by atoms with Crippen molar-refractivity contribution in [1.29, 1.82) is 0 Å². The third-order valence-corrected chi connectivity index (χ3v) is 4.99. The van der Waals surface area contributed by atoms with E-state index >= 15 is 0 Å². The largest absolute Gasteiger partial charge is 0.353 e. The lowest BCUT2D eigenvalue weighted by molar-refractivity contribution is -0.126. The molecule has 1 aromatic rings. The summed E-state index contributed by atoms with van der Waals surface area (Å²) in [6.45, 7) is 5.12. The Morgan fingerprint density at radius 3 is 2.74 bits per heavy atom. The molecule has 0 bridgehead atoms. The lowest BCUT2D eigenvalue weighted by Crippen LogP contribution is -2.47. The molecule has 1 aromatic carbocycles. The van der Waals surface area contributed by atoms with Crippen molar-refractivity contribution in [3.8, 4) is 0 Å². The van der Waals surface area contributed by atoms with Crippen LogP contribution in [0, 0.1) is 5.92 Å². The van der Waals surface area contributed by atoms with E-state index in [-0.39, 0.29) is 23.8 Å². The number of hydrogen-bond acceptors (Lipinski definition) is 2. The van der Waals surface area contributed by atoms with Crippen molar-refractivity contribution in [2.24, 2.45) is 5.92 Å². The van der Waals surface area contributed by atoms with Crippen LogP contribution in [0.5, 0.6) is 0 Å². The molecule has 1 aliphatic rings. The first-order valence-corrected chi connectivity index (χ1v) is 8.72. The monoisotopic (exact) mass is 356 g/mol. The van der Waals surface area contributed by atoms with Crippen LogP contribution in [-0.2, 0) is 4.79 Å². The molecule has 1 heterocycles. The maximum absolute atomic E-state index is 12.6. The number of carbonyl (C=O) groups excluding carboxylic acids is 2. The van der Waals surface area contributed by atoms with Gasteiger partial charge in [0.05, 0.1) is 16.0 Å². The Kier molecular flexibility index (Phi) is 6.31. The number of halogens is 2. The van der Waals surface area contributed by atoms with Crippen molar-refractivity contribution in [2.45, 2.75) is 39.2 Å². The second kappa shape index (κ2) is 8.02. The van der Waals surface area contributed by atoms with Gasteiger partial charge in [-0.2, -0.15) is 0 Å². The van der Waals surface area contributed by atoms with Crippen LogP contribution in [0.15, 0.2) is 18.2 Å². The number of piperidine rings is 1. The van der Waals surface area contributed by atoms with Gasteiger partial charge in [0, 0.05) is 24.7 Å². The van der Waals surface area contributed by atoms with Gasteiger partial charge in [-0.15, -0.1) is 0 Å². The topological polar surface area (TPSA) is 49.4 Å². The zero-order valence-electron chi connectivity index (χ0n) is 13.4. The van der Waals surface area contributed by atoms with Gasteiger partial charge < -0.3 is 10.2 Å². The maximum atomic E-state index is 12.6. The summed E-state index contributed by atoms with van der Waals surface area (Å²) in [7, 11) is 0. The number of benzene rings is 1. The highest BCUT2D eigenvalue weighted by Gasteiger charge is 2.29. The van der Waals surface area contributed by atoms with E-state index in [1.807, 2.05) is 13.8 Å². The predicted octanol–water partition coefficient (Wildman–Crippen LogP) is 3.76. The minimum Gasteiger partial charge on any atom is -0.353 e. The van der Waals surface area contributed by atoms with Crippen LogP contribution < -0.4 is 5.32 Å². The minimum absolute atomic E-state index is 0.0333. The molecule has 1 N–H and O–H groups in total. The smallest absolute Gasteiger partial charge is 0.253 e. The van der Waals surface area contributed by atoms with Crippen molar-refractivity contribution >= 4 is 35.0 Å². The Hall–Kier alpha value is -1.26. The fourth-order valence-corrected chi connectivity index (χ4v) is 2.95. The van der Waals surface area contributed by atoms with Crippen LogP contribution in [0.3, 0.4) is 0 Å². The highest BCUT2D eigenvalue weighted by atomic mass is 35.5. The van der Waals surface area contributed by atoms with Gasteiger partial charge in [0.1, 0.15) is 0 Å². The molecular formula is C17H22Cl2N2O2. The van der Waals surface area contributed by atoms with Gasteiger partial charge in [-0.3, -0.25) is 9.59 Å². The van der Waals surface area contributed by atoms with Crippen molar-refractivity contribution in [3.05, 3.63) is 33.8 Å². The van der Waals surface area contributed by atoms with Crippen molar-refractivity contribution in [2.75, 3.05) is 13.1 Å². The molecule has 6 heteroatoms. The van der Waals surface area contributed by atoms with Gasteiger partial charge in [-0.05, 0) is 44.4 Å². The Labute approximate surface area is 147 Å². The first-order valence-electron chi connectivity index (χ1n) is 7.97. The molecular weight excluding hydrogens is 335 g/mol. The molecule has 1 aliphatic heterocycles. The summed E-state index contributed by atoms with van der Waals surface area (Å²) < 4.78 is 0. The van der Waals surface area contributed by atoms with Crippen LogP contribution in [0.4, 0.5) is 0 Å². The van der Waals surface area contributed by atoms with Crippen molar-refractivity contribution in [1.82, 2.24) is 10.2 Å². The second-order valence-corrected chi connectivity index (χ2v) is 6.85. The van der Waals surface area contributed by atoms with E-state index in [1.165, 1.54) is 0 Å². The summed E-state index contributed by atoms with van der Waals surface area (Å²) in [6.07, 6.45) is 2.53. The molecule has 1 saturated heterocycles. The Balaban J connectivity index is 2.03. The van der Waals surface area contributed by atoms with E-state index in [0.717, 1.165) is 19.3 Å². The predicted molar refractivity (Wildman–Crippen MR) is 93.0 cm³/mol. The van der Waals surface area contributed by atoms with Crippen LogP contribution >= 0.6 is 23.2 Å². The van der Waals surface area contributed by atoms with Gasteiger partial charge in [0.15, 0.2) is 0 Å². The molecule has 2 atom stereocenters. The highest BCUT2D eigenvalue weighted by Crippen LogP contribution is 2.25. The average Bonchev–Trinajstić information content (AvgIpc) is 2.56.